The molecule has 0 aliphatic carbocycles. The number of aromatic nitrogens is 2. The fraction of sp³-hybridized carbons (Fsp3) is 0.238. The van der Waals surface area contributed by atoms with Crippen LogP contribution in [0.4, 0.5) is 16.5 Å². The first-order valence-corrected chi connectivity index (χ1v) is 11.0. The number of nitrogens with zero attached hydrogens (tertiary/aromatic N) is 2. The zero-order valence-corrected chi connectivity index (χ0v) is 18.5. The van der Waals surface area contributed by atoms with Crippen molar-refractivity contribution in [3.63, 3.8) is 0 Å². The van der Waals surface area contributed by atoms with Gasteiger partial charge in [-0.2, -0.15) is 0 Å². The van der Waals surface area contributed by atoms with E-state index in [1.807, 2.05) is 31.2 Å². The third-order valence-electron chi connectivity index (χ3n) is 4.12. The monoisotopic (exact) mass is 442 g/mol. The molecular weight excluding hydrogens is 420 g/mol. The molecule has 2 aromatic carbocycles. The summed E-state index contributed by atoms with van der Waals surface area (Å²) in [5, 5.41) is 14.7. The predicted octanol–water partition coefficient (Wildman–Crippen LogP) is 5.00. The minimum Gasteiger partial charge on any atom is -0.497 e. The number of hydrogen-bond donors (Lipinski definition) is 2. The van der Waals surface area contributed by atoms with E-state index in [0.29, 0.717) is 27.1 Å². The van der Waals surface area contributed by atoms with Crippen molar-refractivity contribution in [2.45, 2.75) is 29.9 Å². The van der Waals surface area contributed by atoms with Gasteiger partial charge in [-0.15, -0.1) is 10.2 Å². The summed E-state index contributed by atoms with van der Waals surface area (Å²) in [4.78, 5) is 24.1. The zero-order valence-electron chi connectivity index (χ0n) is 16.8. The van der Waals surface area contributed by atoms with Crippen molar-refractivity contribution in [3.05, 3.63) is 54.1 Å². The average molecular weight is 443 g/mol. The summed E-state index contributed by atoms with van der Waals surface area (Å²) in [5.74, 6) is 0.640. The molecule has 7 nitrogen and oxygen atoms in total. The Kier molecular flexibility index (Phi) is 7.42. The number of anilines is 3. The third-order valence-corrected chi connectivity index (χ3v) is 6.41. The van der Waals surface area contributed by atoms with Crippen molar-refractivity contribution in [2.75, 3.05) is 17.7 Å². The van der Waals surface area contributed by atoms with E-state index in [9.17, 15) is 9.59 Å². The predicted molar refractivity (Wildman–Crippen MR) is 121 cm³/mol. The summed E-state index contributed by atoms with van der Waals surface area (Å²) in [6.45, 7) is 3.44. The Morgan fingerprint density at radius 3 is 2.53 bits per heavy atom. The van der Waals surface area contributed by atoms with Gasteiger partial charge in [0.05, 0.1) is 12.4 Å². The highest BCUT2D eigenvalue weighted by atomic mass is 32.2. The van der Waals surface area contributed by atoms with Gasteiger partial charge >= 0.3 is 0 Å². The first-order valence-electron chi connectivity index (χ1n) is 9.31. The molecule has 9 heteroatoms. The standard InChI is InChI=1S/C21H22N4O3S2/c1-4-18(19(27)14-8-10-17(28-3)11-9-14)29-21-25-24-20(30-21)23-16-7-5-6-15(12-16)22-13(2)26/h5-12,18H,4H2,1-3H3,(H,22,26)(H,23,24). The first-order chi connectivity index (χ1) is 14.5. The summed E-state index contributed by atoms with van der Waals surface area (Å²) in [6.07, 6.45) is 0.677. The molecule has 0 bridgehead atoms. The van der Waals surface area contributed by atoms with Crippen molar-refractivity contribution < 1.29 is 14.3 Å². The number of thioether (sulfide) groups is 1. The molecule has 1 aromatic heterocycles. The highest BCUT2D eigenvalue weighted by molar-refractivity contribution is 8.02. The second kappa shape index (κ2) is 10.2. The van der Waals surface area contributed by atoms with E-state index in [1.54, 1.807) is 31.4 Å². The SMILES string of the molecule is CCC(Sc1nnc(Nc2cccc(NC(C)=O)c2)s1)C(=O)c1ccc(OC)cc1. The van der Waals surface area contributed by atoms with Crippen LogP contribution in [0.25, 0.3) is 0 Å². The summed E-state index contributed by atoms with van der Waals surface area (Å²) in [7, 11) is 1.60. The second-order valence-corrected chi connectivity index (χ2v) is 8.79. The Balaban J connectivity index is 1.66. The lowest BCUT2D eigenvalue weighted by Crippen LogP contribution is -2.16. The van der Waals surface area contributed by atoms with Crippen LogP contribution in [-0.2, 0) is 4.79 Å². The number of nitrogens with one attached hydrogen (secondary N) is 2. The molecule has 1 unspecified atom stereocenters. The minimum atomic E-state index is -0.248. The molecule has 0 saturated carbocycles. The quantitative estimate of drug-likeness (QED) is 0.356. The highest BCUT2D eigenvalue weighted by Gasteiger charge is 2.22. The van der Waals surface area contributed by atoms with Crippen LogP contribution in [0.2, 0.25) is 0 Å². The van der Waals surface area contributed by atoms with Crippen LogP contribution in [0.3, 0.4) is 0 Å². The van der Waals surface area contributed by atoms with Gasteiger partial charge in [-0.1, -0.05) is 36.1 Å². The van der Waals surface area contributed by atoms with Crippen LogP contribution in [-0.4, -0.2) is 34.2 Å². The van der Waals surface area contributed by atoms with Crippen molar-refractivity contribution in [1.29, 1.82) is 0 Å². The van der Waals surface area contributed by atoms with Gasteiger partial charge in [0.1, 0.15) is 5.75 Å². The molecule has 2 N–H and O–H groups in total. The summed E-state index contributed by atoms with van der Waals surface area (Å²) in [5.41, 5.74) is 2.13. The Morgan fingerprint density at radius 2 is 1.87 bits per heavy atom. The van der Waals surface area contributed by atoms with Crippen molar-refractivity contribution in [1.82, 2.24) is 10.2 Å². The summed E-state index contributed by atoms with van der Waals surface area (Å²) < 4.78 is 5.86. The van der Waals surface area contributed by atoms with Crippen LogP contribution < -0.4 is 15.4 Å². The van der Waals surface area contributed by atoms with Crippen molar-refractivity contribution in [2.24, 2.45) is 0 Å². The smallest absolute Gasteiger partial charge is 0.221 e. The molecule has 30 heavy (non-hydrogen) atoms. The minimum absolute atomic E-state index is 0.0536. The summed E-state index contributed by atoms with van der Waals surface area (Å²) in [6, 6.07) is 14.5. The van der Waals surface area contributed by atoms with Crippen LogP contribution >= 0.6 is 23.1 Å². The van der Waals surface area contributed by atoms with Gasteiger partial charge in [0.25, 0.3) is 0 Å². The number of benzene rings is 2. The third kappa shape index (κ3) is 5.80. The largest absolute Gasteiger partial charge is 0.497 e. The number of carbonyl (C=O) groups is 2. The molecule has 3 aromatic rings. The Hall–Kier alpha value is -2.91. The number of ketones is 1. The number of Topliss-reactive ketones (excluding diaryl/α,β-unsaturated/α-hetero) is 1. The first kappa shape index (κ1) is 21.8. The van der Waals surface area contributed by atoms with Gasteiger partial charge in [0, 0.05) is 23.9 Å². The maximum absolute atomic E-state index is 12.8. The lowest BCUT2D eigenvalue weighted by atomic mass is 10.1. The molecule has 0 radical (unpaired) electrons. The molecule has 1 amide bonds. The molecular formula is C21H22N4O3S2. The van der Waals surface area contributed by atoms with Gasteiger partial charge in [-0.05, 0) is 48.9 Å². The molecule has 0 aliphatic rings. The number of amides is 1. The van der Waals surface area contributed by atoms with Crippen LogP contribution in [0, 0.1) is 0 Å². The fourth-order valence-electron chi connectivity index (χ4n) is 2.69. The van der Waals surface area contributed by atoms with E-state index in [1.165, 1.54) is 30.0 Å². The van der Waals surface area contributed by atoms with Gasteiger partial charge in [-0.25, -0.2) is 0 Å². The fourth-order valence-corrected chi connectivity index (χ4v) is 4.71. The molecule has 0 saturated heterocycles. The molecule has 3 rings (SSSR count). The topological polar surface area (TPSA) is 93.2 Å². The van der Waals surface area contributed by atoms with Gasteiger partial charge in [-0.3, -0.25) is 9.59 Å². The van der Waals surface area contributed by atoms with E-state index in [2.05, 4.69) is 20.8 Å². The molecule has 0 spiro atoms. The second-order valence-electron chi connectivity index (χ2n) is 6.37. The maximum Gasteiger partial charge on any atom is 0.221 e. The Labute approximate surface area is 183 Å². The van der Waals surface area contributed by atoms with Crippen LogP contribution in [0.5, 0.6) is 5.75 Å². The van der Waals surface area contributed by atoms with E-state index in [0.717, 1.165) is 11.4 Å². The lowest BCUT2D eigenvalue weighted by molar-refractivity contribution is -0.114. The lowest BCUT2D eigenvalue weighted by Gasteiger charge is -2.11. The molecule has 1 heterocycles. The zero-order chi connectivity index (χ0) is 21.5. The molecule has 0 fully saturated rings. The van der Waals surface area contributed by atoms with Crippen molar-refractivity contribution >= 4 is 51.3 Å². The number of methoxy groups -OCH3 is 1. The van der Waals surface area contributed by atoms with Gasteiger partial charge in [0.15, 0.2) is 10.1 Å². The number of carbonyl (C=O) groups excluding carboxylic acids is 2. The van der Waals surface area contributed by atoms with Gasteiger partial charge in [0.2, 0.25) is 11.0 Å². The van der Waals surface area contributed by atoms with E-state index >= 15 is 0 Å². The average Bonchev–Trinajstić information content (AvgIpc) is 3.18. The Morgan fingerprint density at radius 1 is 1.13 bits per heavy atom. The van der Waals surface area contributed by atoms with Crippen LogP contribution in [0.1, 0.15) is 30.6 Å². The molecule has 156 valence electrons. The Bertz CT molecular complexity index is 1020. The normalized spacial score (nSPS) is 11.6. The number of hydrogen-bond acceptors (Lipinski definition) is 8. The molecule has 1 atom stereocenters. The highest BCUT2D eigenvalue weighted by Crippen LogP contribution is 2.33. The number of ether oxygens (including phenoxy) is 1. The molecule has 0 aliphatic heterocycles. The van der Waals surface area contributed by atoms with E-state index in [-0.39, 0.29) is 16.9 Å². The summed E-state index contributed by atoms with van der Waals surface area (Å²) >= 11 is 2.79. The van der Waals surface area contributed by atoms with Crippen LogP contribution in [0.15, 0.2) is 52.9 Å². The van der Waals surface area contributed by atoms with Gasteiger partial charge < -0.3 is 15.4 Å². The van der Waals surface area contributed by atoms with Crippen molar-refractivity contribution in [3.8, 4) is 5.75 Å². The van der Waals surface area contributed by atoms with E-state index in [4.69, 9.17) is 4.74 Å². The maximum atomic E-state index is 12.8. The van der Waals surface area contributed by atoms with E-state index < -0.39 is 0 Å². The number of rotatable bonds is 9.